The molecule has 0 saturated carbocycles. The van der Waals surface area contributed by atoms with Crippen LogP contribution in [-0.4, -0.2) is 111 Å². The molecule has 1 aliphatic rings. The molecule has 1 aliphatic heterocycles. The molecule has 1 saturated heterocycles. The standard InChI is InChI=1S/C19H29ClN9O8P/c1-9(2)5-21-15-10-6-22-29(16(10)24-18(20)23-15)17-14(31)13(30)11(37-17)7-36-19(8-35-3,38(32,33)34)4-12-25-27-28-26-12/h6,9,11,13-14,17,30-31H,4-5,7-8H2,1-3H3,(H,21,23,24)(H2,32,33,34)(H,25,26,27,28)/t11-,13-,14-,17-,19+/m1/s1. The fourth-order valence-corrected chi connectivity index (χ4v) is 5.02. The van der Waals surface area contributed by atoms with Gasteiger partial charge >= 0.3 is 7.60 Å². The summed E-state index contributed by atoms with van der Waals surface area (Å²) < 4.78 is 30.3. The van der Waals surface area contributed by atoms with Gasteiger partial charge in [0, 0.05) is 13.7 Å². The number of fused-ring (bicyclic) bond motifs is 1. The van der Waals surface area contributed by atoms with Crippen molar-refractivity contribution < 1.29 is 38.8 Å². The SMILES string of the molecule is COC[C@@](Cc1nn[nH]n1)(OC[C@H]1O[C@@H](n2ncc3c(NCC(C)C)nc(Cl)nc32)[C@H](O)[C@@H]1O)P(=O)(O)O. The van der Waals surface area contributed by atoms with Crippen LogP contribution < -0.4 is 5.32 Å². The molecule has 3 aromatic rings. The summed E-state index contributed by atoms with van der Waals surface area (Å²) in [7, 11) is -3.76. The third-order valence-corrected chi connectivity index (χ3v) is 7.57. The number of ether oxygens (including phenoxy) is 3. The van der Waals surface area contributed by atoms with Crippen molar-refractivity contribution in [1.82, 2.24) is 40.4 Å². The van der Waals surface area contributed by atoms with E-state index in [1.807, 2.05) is 13.8 Å². The Morgan fingerprint density at radius 1 is 1.32 bits per heavy atom. The number of hydrogen-bond donors (Lipinski definition) is 6. The first-order valence-corrected chi connectivity index (χ1v) is 13.5. The van der Waals surface area contributed by atoms with Crippen LogP contribution in [-0.2, 0) is 25.2 Å². The number of halogens is 1. The van der Waals surface area contributed by atoms with E-state index >= 15 is 0 Å². The van der Waals surface area contributed by atoms with Crippen LogP contribution in [0.5, 0.6) is 0 Å². The van der Waals surface area contributed by atoms with Crippen LogP contribution in [0.2, 0.25) is 5.28 Å². The van der Waals surface area contributed by atoms with Gasteiger partial charge in [-0.05, 0) is 17.5 Å². The summed E-state index contributed by atoms with van der Waals surface area (Å²) >= 11 is 6.12. The molecule has 0 radical (unpaired) electrons. The molecule has 4 rings (SSSR count). The first kappa shape index (κ1) is 28.7. The van der Waals surface area contributed by atoms with E-state index in [9.17, 15) is 24.6 Å². The number of tetrazole rings is 1. The smallest absolute Gasteiger partial charge is 0.359 e. The second kappa shape index (κ2) is 11.4. The van der Waals surface area contributed by atoms with E-state index in [0.717, 1.165) is 0 Å². The molecule has 4 heterocycles. The van der Waals surface area contributed by atoms with Gasteiger partial charge in [-0.2, -0.15) is 20.3 Å². The minimum absolute atomic E-state index is 0.0300. The zero-order chi connectivity index (χ0) is 27.7. The minimum atomic E-state index is -5.00. The quantitative estimate of drug-likeness (QED) is 0.117. The molecular weight excluding hydrogens is 549 g/mol. The van der Waals surface area contributed by atoms with Gasteiger partial charge in [-0.3, -0.25) is 4.57 Å². The number of aromatic nitrogens is 8. The van der Waals surface area contributed by atoms with Crippen molar-refractivity contribution in [2.24, 2.45) is 5.92 Å². The van der Waals surface area contributed by atoms with Crippen LogP contribution in [0, 0.1) is 5.92 Å². The van der Waals surface area contributed by atoms with Gasteiger partial charge in [0.1, 0.15) is 24.1 Å². The Morgan fingerprint density at radius 2 is 2.08 bits per heavy atom. The van der Waals surface area contributed by atoms with Gasteiger partial charge in [-0.15, -0.1) is 10.2 Å². The summed E-state index contributed by atoms with van der Waals surface area (Å²) in [5.74, 6) is 0.737. The van der Waals surface area contributed by atoms with E-state index in [-0.39, 0.29) is 16.8 Å². The maximum atomic E-state index is 12.5. The van der Waals surface area contributed by atoms with Crippen molar-refractivity contribution in [2.75, 3.05) is 32.2 Å². The third kappa shape index (κ3) is 5.80. The van der Waals surface area contributed by atoms with Crippen molar-refractivity contribution in [3.63, 3.8) is 0 Å². The Hall–Kier alpha value is -2.34. The molecule has 0 aliphatic carbocycles. The van der Waals surface area contributed by atoms with Crippen molar-refractivity contribution in [3.8, 4) is 0 Å². The molecule has 38 heavy (non-hydrogen) atoms. The van der Waals surface area contributed by atoms with Gasteiger partial charge in [-0.1, -0.05) is 19.1 Å². The van der Waals surface area contributed by atoms with Crippen molar-refractivity contribution in [1.29, 1.82) is 0 Å². The van der Waals surface area contributed by atoms with E-state index in [1.165, 1.54) is 18.0 Å². The lowest BCUT2D eigenvalue weighted by Crippen LogP contribution is -2.44. The number of aromatic amines is 1. The number of methoxy groups -OCH3 is 1. The van der Waals surface area contributed by atoms with Crippen molar-refractivity contribution >= 4 is 36.0 Å². The number of hydrogen-bond acceptors (Lipinski definition) is 13. The average molecular weight is 578 g/mol. The molecule has 17 nitrogen and oxygen atoms in total. The fourth-order valence-electron chi connectivity index (χ4n) is 3.97. The first-order valence-electron chi connectivity index (χ1n) is 11.5. The monoisotopic (exact) mass is 577 g/mol. The summed E-state index contributed by atoms with van der Waals surface area (Å²) in [6.07, 6.45) is -4.40. The Morgan fingerprint density at radius 3 is 2.71 bits per heavy atom. The first-order chi connectivity index (χ1) is 18.0. The lowest BCUT2D eigenvalue weighted by Gasteiger charge is -2.33. The predicted octanol–water partition coefficient (Wildman–Crippen LogP) is -0.540. The van der Waals surface area contributed by atoms with Crippen LogP contribution >= 0.6 is 19.2 Å². The van der Waals surface area contributed by atoms with Crippen molar-refractivity contribution in [3.05, 3.63) is 17.3 Å². The van der Waals surface area contributed by atoms with Crippen LogP contribution in [0.25, 0.3) is 11.0 Å². The second-order valence-electron chi connectivity index (χ2n) is 9.23. The Kier molecular flexibility index (Phi) is 8.61. The molecule has 210 valence electrons. The molecule has 0 unspecified atom stereocenters. The molecule has 19 heteroatoms. The molecule has 1 fully saturated rings. The maximum Gasteiger partial charge on any atom is 0.359 e. The third-order valence-electron chi connectivity index (χ3n) is 5.92. The highest BCUT2D eigenvalue weighted by Crippen LogP contribution is 2.53. The zero-order valence-corrected chi connectivity index (χ0v) is 22.3. The molecule has 6 N–H and O–H groups in total. The highest BCUT2D eigenvalue weighted by molar-refractivity contribution is 7.53. The van der Waals surface area contributed by atoms with E-state index in [1.54, 1.807) is 0 Å². The topological polar surface area (TPSA) is 236 Å². The number of anilines is 1. The Labute approximate surface area is 221 Å². The zero-order valence-electron chi connectivity index (χ0n) is 20.7. The predicted molar refractivity (Wildman–Crippen MR) is 130 cm³/mol. The summed E-state index contributed by atoms with van der Waals surface area (Å²) in [5, 5.41) is 40.2. The van der Waals surface area contributed by atoms with E-state index in [2.05, 4.69) is 41.0 Å². The molecular formula is C19H29ClN9O8P. The van der Waals surface area contributed by atoms with E-state index in [0.29, 0.717) is 23.7 Å². The maximum absolute atomic E-state index is 12.5. The molecule has 3 aromatic heterocycles. The normalized spacial score (nSPS) is 23.8. The lowest BCUT2D eigenvalue weighted by atomic mass is 10.1. The summed E-state index contributed by atoms with van der Waals surface area (Å²) in [6, 6.07) is 0. The molecule has 0 aromatic carbocycles. The fraction of sp³-hybridized carbons (Fsp3) is 0.684. The number of aliphatic hydroxyl groups is 2. The number of aliphatic hydroxyl groups excluding tert-OH is 2. The van der Waals surface area contributed by atoms with E-state index in [4.69, 9.17) is 25.8 Å². The van der Waals surface area contributed by atoms with Crippen LogP contribution in [0.15, 0.2) is 6.20 Å². The Balaban J connectivity index is 1.57. The number of nitrogens with one attached hydrogen (secondary N) is 2. The summed E-state index contributed by atoms with van der Waals surface area (Å²) in [6.45, 7) is 3.60. The molecule has 0 amide bonds. The summed E-state index contributed by atoms with van der Waals surface area (Å²) in [5.41, 5.74) is 0.245. The van der Waals surface area contributed by atoms with E-state index < -0.39 is 57.1 Å². The number of nitrogens with zero attached hydrogens (tertiary/aromatic N) is 7. The van der Waals surface area contributed by atoms with Gasteiger partial charge in [0.2, 0.25) is 5.28 Å². The van der Waals surface area contributed by atoms with Gasteiger partial charge in [0.25, 0.3) is 0 Å². The number of rotatable bonds is 12. The van der Waals surface area contributed by atoms with Crippen LogP contribution in [0.1, 0.15) is 25.9 Å². The van der Waals surface area contributed by atoms with Crippen LogP contribution in [0.3, 0.4) is 0 Å². The summed E-state index contributed by atoms with van der Waals surface area (Å²) in [4.78, 5) is 28.7. The highest BCUT2D eigenvalue weighted by Gasteiger charge is 2.52. The molecule has 0 bridgehead atoms. The second-order valence-corrected chi connectivity index (χ2v) is 11.5. The Bertz CT molecular complexity index is 1270. The largest absolute Gasteiger partial charge is 0.387 e. The van der Waals surface area contributed by atoms with Gasteiger partial charge in [0.05, 0.1) is 31.2 Å². The van der Waals surface area contributed by atoms with Gasteiger partial charge in [-0.25, -0.2) is 4.68 Å². The lowest BCUT2D eigenvalue weighted by molar-refractivity contribution is -0.113. The average Bonchev–Trinajstić information content (AvgIpc) is 3.56. The van der Waals surface area contributed by atoms with Gasteiger partial charge < -0.3 is 39.5 Å². The minimum Gasteiger partial charge on any atom is -0.387 e. The van der Waals surface area contributed by atoms with Crippen molar-refractivity contribution in [2.45, 2.75) is 50.2 Å². The number of H-pyrrole nitrogens is 1. The molecule has 0 spiro atoms. The molecule has 5 atom stereocenters. The highest BCUT2D eigenvalue weighted by atomic mass is 35.5. The van der Waals surface area contributed by atoms with Gasteiger partial charge in [0.15, 0.2) is 23.0 Å². The van der Waals surface area contributed by atoms with Crippen LogP contribution in [0.4, 0.5) is 5.82 Å².